The Morgan fingerprint density at radius 3 is 2.39 bits per heavy atom. The second-order valence-corrected chi connectivity index (χ2v) is 12.1. The standard InChI is InChI=1S/C29H39N5O2/c1-18-7-10-25(19(2)13-18)30-28(36)24-17-33(20(3)35)16-23(24)27-32-31-26(34(27)22-8-9-22)21-14-29(15-21)11-5-4-6-12-29/h7,10,13,21-24H,4-6,8-9,11-12,14-17H2,1-3H3,(H,30,36)/t23-,24-/m1/s1. The van der Waals surface area contributed by atoms with E-state index >= 15 is 0 Å². The van der Waals surface area contributed by atoms with Gasteiger partial charge >= 0.3 is 0 Å². The summed E-state index contributed by atoms with van der Waals surface area (Å²) in [6.07, 6.45) is 11.6. The van der Waals surface area contributed by atoms with Crippen LogP contribution in [0.4, 0.5) is 5.69 Å². The Kier molecular flexibility index (Phi) is 5.92. The molecule has 2 atom stereocenters. The van der Waals surface area contributed by atoms with Crippen molar-refractivity contribution in [3.8, 4) is 0 Å². The SMILES string of the molecule is CC(=O)N1C[C@@H](C(=O)Nc2ccc(C)cc2C)[C@H](c2nnc(C3CC4(CCCCC4)C3)n2C2CC2)C1. The van der Waals surface area contributed by atoms with E-state index in [2.05, 4.69) is 22.9 Å². The first-order chi connectivity index (χ1) is 17.3. The fraction of sp³-hybridized carbons (Fsp3) is 0.655. The number of benzene rings is 1. The number of carbonyl (C=O) groups excluding carboxylic acids is 2. The molecular weight excluding hydrogens is 450 g/mol. The molecule has 36 heavy (non-hydrogen) atoms. The van der Waals surface area contributed by atoms with E-state index in [9.17, 15) is 9.59 Å². The Morgan fingerprint density at radius 1 is 1.00 bits per heavy atom. The molecule has 1 spiro atoms. The van der Waals surface area contributed by atoms with E-state index in [1.807, 2.05) is 24.0 Å². The third kappa shape index (κ3) is 4.24. The molecule has 3 saturated carbocycles. The van der Waals surface area contributed by atoms with Crippen LogP contribution < -0.4 is 5.32 Å². The quantitative estimate of drug-likeness (QED) is 0.621. The Morgan fingerprint density at radius 2 is 1.72 bits per heavy atom. The normalized spacial score (nSPS) is 25.7. The topological polar surface area (TPSA) is 80.1 Å². The van der Waals surface area contributed by atoms with Gasteiger partial charge in [0.25, 0.3) is 0 Å². The second-order valence-electron chi connectivity index (χ2n) is 12.1. The molecule has 4 fully saturated rings. The molecule has 7 nitrogen and oxygen atoms in total. The predicted octanol–water partition coefficient (Wildman–Crippen LogP) is 5.26. The number of aryl methyl sites for hydroxylation is 2. The summed E-state index contributed by atoms with van der Waals surface area (Å²) in [5, 5.41) is 12.7. The molecular formula is C29H39N5O2. The van der Waals surface area contributed by atoms with Gasteiger partial charge in [-0.2, -0.15) is 0 Å². The highest BCUT2D eigenvalue weighted by molar-refractivity contribution is 5.94. The van der Waals surface area contributed by atoms with Crippen LogP contribution in [0.3, 0.4) is 0 Å². The zero-order chi connectivity index (χ0) is 25.0. The third-order valence-corrected chi connectivity index (χ3v) is 9.37. The van der Waals surface area contributed by atoms with Gasteiger partial charge in [-0.15, -0.1) is 10.2 Å². The van der Waals surface area contributed by atoms with Crippen LogP contribution in [-0.2, 0) is 9.59 Å². The molecule has 2 amide bonds. The van der Waals surface area contributed by atoms with Crippen molar-refractivity contribution in [2.75, 3.05) is 18.4 Å². The maximum atomic E-state index is 13.6. The van der Waals surface area contributed by atoms with Crippen LogP contribution in [0.25, 0.3) is 0 Å². The molecule has 4 aliphatic rings. The lowest BCUT2D eigenvalue weighted by atomic mass is 9.55. The Hall–Kier alpha value is -2.70. The number of likely N-dealkylation sites (tertiary alicyclic amines) is 1. The lowest BCUT2D eigenvalue weighted by molar-refractivity contribution is -0.128. The highest BCUT2D eigenvalue weighted by Crippen LogP contribution is 2.59. The summed E-state index contributed by atoms with van der Waals surface area (Å²) in [4.78, 5) is 27.8. The van der Waals surface area contributed by atoms with Gasteiger partial charge in [0, 0.05) is 37.7 Å². The van der Waals surface area contributed by atoms with Crippen molar-refractivity contribution in [1.29, 1.82) is 0 Å². The molecule has 3 aliphatic carbocycles. The molecule has 1 N–H and O–H groups in total. The van der Waals surface area contributed by atoms with E-state index in [0.717, 1.165) is 35.7 Å². The summed E-state index contributed by atoms with van der Waals surface area (Å²) in [7, 11) is 0. The number of rotatable bonds is 5. The van der Waals surface area contributed by atoms with E-state index in [1.54, 1.807) is 6.92 Å². The lowest BCUT2D eigenvalue weighted by Crippen LogP contribution is -2.38. The summed E-state index contributed by atoms with van der Waals surface area (Å²) in [6, 6.07) is 6.52. The van der Waals surface area contributed by atoms with E-state index in [-0.39, 0.29) is 23.7 Å². The fourth-order valence-electron chi connectivity index (χ4n) is 7.20. The Balaban J connectivity index is 1.27. The van der Waals surface area contributed by atoms with Gasteiger partial charge in [0.15, 0.2) is 0 Å². The van der Waals surface area contributed by atoms with Gasteiger partial charge in [-0.05, 0) is 69.4 Å². The maximum Gasteiger partial charge on any atom is 0.230 e. The first kappa shape index (κ1) is 23.7. The van der Waals surface area contributed by atoms with Crippen LogP contribution in [0.1, 0.15) is 105 Å². The van der Waals surface area contributed by atoms with Crippen LogP contribution in [0, 0.1) is 25.2 Å². The molecule has 7 heteroatoms. The second kappa shape index (κ2) is 9.00. The monoisotopic (exact) mass is 489 g/mol. The summed E-state index contributed by atoms with van der Waals surface area (Å²) in [5.74, 6) is 2.04. The summed E-state index contributed by atoms with van der Waals surface area (Å²) < 4.78 is 2.39. The van der Waals surface area contributed by atoms with Crippen LogP contribution in [-0.4, -0.2) is 44.6 Å². The lowest BCUT2D eigenvalue weighted by Gasteiger charge is -2.50. The van der Waals surface area contributed by atoms with Crippen LogP contribution in [0.2, 0.25) is 0 Å². The van der Waals surface area contributed by atoms with Crippen LogP contribution in [0.5, 0.6) is 0 Å². The molecule has 192 valence electrons. The average molecular weight is 490 g/mol. The van der Waals surface area contributed by atoms with Crippen molar-refractivity contribution in [3.63, 3.8) is 0 Å². The van der Waals surface area contributed by atoms with Crippen molar-refractivity contribution >= 4 is 17.5 Å². The number of amides is 2. The highest BCUT2D eigenvalue weighted by Gasteiger charge is 2.49. The summed E-state index contributed by atoms with van der Waals surface area (Å²) in [6.45, 7) is 6.62. The van der Waals surface area contributed by atoms with Crippen molar-refractivity contribution in [2.24, 2.45) is 11.3 Å². The summed E-state index contributed by atoms with van der Waals surface area (Å²) in [5.41, 5.74) is 3.59. The number of hydrogen-bond acceptors (Lipinski definition) is 4. The minimum absolute atomic E-state index is 0.0118. The molecule has 1 aliphatic heterocycles. The third-order valence-electron chi connectivity index (χ3n) is 9.37. The van der Waals surface area contributed by atoms with Crippen molar-refractivity contribution < 1.29 is 9.59 Å². The predicted molar refractivity (Wildman–Crippen MR) is 139 cm³/mol. The number of hydrogen-bond donors (Lipinski definition) is 1. The van der Waals surface area contributed by atoms with Gasteiger partial charge in [0.2, 0.25) is 11.8 Å². The van der Waals surface area contributed by atoms with Gasteiger partial charge in [0.1, 0.15) is 11.6 Å². The summed E-state index contributed by atoms with van der Waals surface area (Å²) >= 11 is 0. The van der Waals surface area contributed by atoms with Crippen molar-refractivity contribution in [1.82, 2.24) is 19.7 Å². The number of nitrogens with zero attached hydrogens (tertiary/aromatic N) is 4. The fourth-order valence-corrected chi connectivity index (χ4v) is 7.20. The zero-order valence-corrected chi connectivity index (χ0v) is 21.9. The molecule has 0 bridgehead atoms. The molecule has 6 rings (SSSR count). The number of anilines is 1. The van der Waals surface area contributed by atoms with E-state index < -0.39 is 0 Å². The van der Waals surface area contributed by atoms with E-state index in [0.29, 0.717) is 30.5 Å². The van der Waals surface area contributed by atoms with Crippen molar-refractivity contribution in [3.05, 3.63) is 41.0 Å². The highest BCUT2D eigenvalue weighted by atomic mass is 16.2. The minimum Gasteiger partial charge on any atom is -0.341 e. The number of carbonyl (C=O) groups is 2. The van der Waals surface area contributed by atoms with Gasteiger partial charge in [-0.1, -0.05) is 37.0 Å². The largest absolute Gasteiger partial charge is 0.341 e. The number of aromatic nitrogens is 3. The molecule has 0 unspecified atom stereocenters. The Labute approximate surface area is 214 Å². The van der Waals surface area contributed by atoms with Gasteiger partial charge in [0.05, 0.1) is 11.8 Å². The smallest absolute Gasteiger partial charge is 0.230 e. The minimum atomic E-state index is -0.338. The average Bonchev–Trinajstić information content (AvgIpc) is 3.41. The maximum absolute atomic E-state index is 13.6. The van der Waals surface area contributed by atoms with Crippen LogP contribution in [0.15, 0.2) is 18.2 Å². The van der Waals surface area contributed by atoms with Gasteiger partial charge in [-0.25, -0.2) is 0 Å². The molecule has 1 aromatic heterocycles. The molecule has 1 aromatic carbocycles. The molecule has 2 aromatic rings. The molecule has 0 radical (unpaired) electrons. The van der Waals surface area contributed by atoms with E-state index in [1.165, 1.54) is 50.5 Å². The first-order valence-corrected chi connectivity index (χ1v) is 13.9. The zero-order valence-electron chi connectivity index (χ0n) is 21.9. The number of nitrogens with one attached hydrogen (secondary N) is 1. The molecule has 2 heterocycles. The first-order valence-electron chi connectivity index (χ1n) is 13.9. The van der Waals surface area contributed by atoms with Gasteiger partial charge in [-0.3, -0.25) is 9.59 Å². The molecule has 1 saturated heterocycles. The van der Waals surface area contributed by atoms with Crippen LogP contribution >= 0.6 is 0 Å². The van der Waals surface area contributed by atoms with Gasteiger partial charge < -0.3 is 14.8 Å². The van der Waals surface area contributed by atoms with Crippen molar-refractivity contribution in [2.45, 2.75) is 96.4 Å². The van der Waals surface area contributed by atoms with E-state index in [4.69, 9.17) is 10.2 Å². The Bertz CT molecular complexity index is 1170.